The molecule has 36 heavy (non-hydrogen) atoms. The Labute approximate surface area is 219 Å². The fourth-order valence-corrected chi connectivity index (χ4v) is 7.25. The molecule has 1 aliphatic heterocycles. The molecule has 2 aromatic rings. The maximum absolute atomic E-state index is 15.3. The summed E-state index contributed by atoms with van der Waals surface area (Å²) in [5.74, 6) is 1.61. The lowest BCUT2D eigenvalue weighted by atomic mass is 9.71. The van der Waals surface area contributed by atoms with Gasteiger partial charge in [-0.3, -0.25) is 4.90 Å². The van der Waals surface area contributed by atoms with Gasteiger partial charge in [0.25, 0.3) is 0 Å². The highest BCUT2D eigenvalue weighted by atomic mass is 19.1. The van der Waals surface area contributed by atoms with Crippen LogP contribution in [0, 0.1) is 11.7 Å². The van der Waals surface area contributed by atoms with E-state index in [0.29, 0.717) is 23.3 Å². The van der Waals surface area contributed by atoms with Crippen LogP contribution in [0.15, 0.2) is 67.3 Å². The molecule has 0 N–H and O–H groups in total. The van der Waals surface area contributed by atoms with Crippen LogP contribution in [0.5, 0.6) is 0 Å². The van der Waals surface area contributed by atoms with E-state index >= 15 is 4.39 Å². The quantitative estimate of drug-likeness (QED) is 0.351. The van der Waals surface area contributed by atoms with Crippen molar-refractivity contribution >= 4 is 0 Å². The summed E-state index contributed by atoms with van der Waals surface area (Å²) < 4.78 is 15.3. The van der Waals surface area contributed by atoms with Crippen LogP contribution in [0.4, 0.5) is 4.39 Å². The summed E-state index contributed by atoms with van der Waals surface area (Å²) >= 11 is 0. The Morgan fingerprint density at radius 3 is 2.06 bits per heavy atom. The zero-order valence-corrected chi connectivity index (χ0v) is 23.2. The predicted octanol–water partition coefficient (Wildman–Crippen LogP) is 9.66. The number of rotatable bonds is 7. The highest BCUT2D eigenvalue weighted by Gasteiger charge is 2.45. The zero-order chi connectivity index (χ0) is 25.9. The van der Waals surface area contributed by atoms with E-state index in [1.54, 1.807) is 6.07 Å². The van der Waals surface area contributed by atoms with Gasteiger partial charge >= 0.3 is 0 Å². The number of nitrogens with zero attached hydrogens (tertiary/aromatic N) is 1. The molecule has 0 unspecified atom stereocenters. The normalized spacial score (nSPS) is 24.7. The second-order valence-corrected chi connectivity index (χ2v) is 12.5. The number of allylic oxidation sites excluding steroid dienone is 2. The summed E-state index contributed by atoms with van der Waals surface area (Å²) in [7, 11) is 0. The lowest BCUT2D eigenvalue weighted by molar-refractivity contribution is -0.0346. The molecule has 1 aliphatic carbocycles. The van der Waals surface area contributed by atoms with Crippen molar-refractivity contribution in [1.82, 2.24) is 4.90 Å². The van der Waals surface area contributed by atoms with Crippen LogP contribution in [-0.4, -0.2) is 22.5 Å². The van der Waals surface area contributed by atoms with Crippen molar-refractivity contribution in [2.24, 2.45) is 5.92 Å². The minimum atomic E-state index is -0.0892. The van der Waals surface area contributed by atoms with Gasteiger partial charge in [0.05, 0.1) is 0 Å². The van der Waals surface area contributed by atoms with E-state index in [9.17, 15) is 0 Å². The monoisotopic (exact) mass is 487 g/mol. The molecule has 0 spiro atoms. The first-order chi connectivity index (χ1) is 17.1. The number of likely N-dealkylation sites (tertiary alicyclic amines) is 1. The molecular formula is C34H46FN. The molecule has 2 aromatic carbocycles. The number of halogens is 1. The molecule has 2 fully saturated rings. The van der Waals surface area contributed by atoms with Gasteiger partial charge in [-0.1, -0.05) is 54.6 Å². The van der Waals surface area contributed by atoms with Crippen molar-refractivity contribution in [2.75, 3.05) is 6.54 Å². The van der Waals surface area contributed by atoms with Crippen LogP contribution in [0.25, 0.3) is 11.1 Å². The summed E-state index contributed by atoms with van der Waals surface area (Å²) in [6.45, 7) is 16.6. The highest BCUT2D eigenvalue weighted by molar-refractivity contribution is 5.65. The van der Waals surface area contributed by atoms with E-state index in [0.717, 1.165) is 44.2 Å². The van der Waals surface area contributed by atoms with E-state index in [1.165, 1.54) is 24.0 Å². The molecule has 1 saturated heterocycles. The summed E-state index contributed by atoms with van der Waals surface area (Å²) in [6, 6.07) is 14.7. The van der Waals surface area contributed by atoms with Crippen LogP contribution < -0.4 is 0 Å². The maximum Gasteiger partial charge on any atom is 0.131 e. The molecule has 4 rings (SSSR count). The van der Waals surface area contributed by atoms with Gasteiger partial charge in [0.1, 0.15) is 5.82 Å². The van der Waals surface area contributed by atoms with Crippen LogP contribution in [0.1, 0.15) is 103 Å². The van der Waals surface area contributed by atoms with E-state index in [1.807, 2.05) is 12.1 Å². The third kappa shape index (κ3) is 5.86. The molecule has 2 heteroatoms. The van der Waals surface area contributed by atoms with Crippen molar-refractivity contribution in [3.8, 4) is 11.1 Å². The van der Waals surface area contributed by atoms with Gasteiger partial charge in [-0.05, 0) is 120 Å². The molecule has 1 nitrogen and oxygen atoms in total. The number of hydrogen-bond acceptors (Lipinski definition) is 1. The second kappa shape index (κ2) is 11.1. The summed E-state index contributed by atoms with van der Waals surface area (Å²) in [6.07, 6.45) is 14.5. The van der Waals surface area contributed by atoms with Crippen molar-refractivity contribution < 1.29 is 4.39 Å². The summed E-state index contributed by atoms with van der Waals surface area (Å²) in [5, 5.41) is 0. The lowest BCUT2D eigenvalue weighted by Crippen LogP contribution is -2.60. The van der Waals surface area contributed by atoms with Gasteiger partial charge in [-0.25, -0.2) is 4.39 Å². The Bertz CT molecular complexity index is 1040. The molecule has 194 valence electrons. The van der Waals surface area contributed by atoms with Gasteiger partial charge in [0, 0.05) is 23.2 Å². The predicted molar refractivity (Wildman–Crippen MR) is 153 cm³/mol. The molecule has 1 heterocycles. The van der Waals surface area contributed by atoms with E-state index < -0.39 is 0 Å². The molecule has 1 saturated carbocycles. The average Bonchev–Trinajstić information content (AvgIpc) is 2.83. The Hall–Kier alpha value is -2.19. The fraction of sp³-hybridized carbons (Fsp3) is 0.529. The zero-order valence-electron chi connectivity index (χ0n) is 23.2. The maximum atomic E-state index is 15.3. The van der Waals surface area contributed by atoms with E-state index in [-0.39, 0.29) is 16.9 Å². The molecule has 0 aromatic heterocycles. The van der Waals surface area contributed by atoms with E-state index in [2.05, 4.69) is 88.6 Å². The Balaban J connectivity index is 1.47. The van der Waals surface area contributed by atoms with Gasteiger partial charge in [-0.15, -0.1) is 6.58 Å². The third-order valence-corrected chi connectivity index (χ3v) is 8.90. The first-order valence-corrected chi connectivity index (χ1v) is 14.1. The summed E-state index contributed by atoms with van der Waals surface area (Å²) in [4.78, 5) is 2.66. The van der Waals surface area contributed by atoms with Crippen LogP contribution in [0.2, 0.25) is 0 Å². The highest BCUT2D eigenvalue weighted by Crippen LogP contribution is 2.46. The number of benzene rings is 2. The van der Waals surface area contributed by atoms with E-state index in [4.69, 9.17) is 0 Å². The standard InChI is InChI=1S/C34H46FN/c1-7-9-21-36-33(3,4)23-30(24-34(36,5)6)27-15-17-28(18-16-27)31-20-19-29(22-32(31)35)26-13-11-25(10-8-2)12-14-26/h7-8,10,15-20,22,25-26,30H,1,9,11-14,21,23-24H2,2-6H3/b10-8+. The van der Waals surface area contributed by atoms with Gasteiger partial charge in [0.2, 0.25) is 0 Å². The Morgan fingerprint density at radius 1 is 0.889 bits per heavy atom. The van der Waals surface area contributed by atoms with Crippen LogP contribution in [-0.2, 0) is 0 Å². The molecular weight excluding hydrogens is 441 g/mol. The van der Waals surface area contributed by atoms with Crippen molar-refractivity contribution in [3.05, 3.63) is 84.2 Å². The number of piperidine rings is 1. The van der Waals surface area contributed by atoms with Crippen molar-refractivity contribution in [2.45, 2.75) is 102 Å². The van der Waals surface area contributed by atoms with Crippen LogP contribution >= 0.6 is 0 Å². The first kappa shape index (κ1) is 26.9. The average molecular weight is 488 g/mol. The van der Waals surface area contributed by atoms with Crippen molar-refractivity contribution in [3.63, 3.8) is 0 Å². The molecule has 0 atom stereocenters. The fourth-order valence-electron chi connectivity index (χ4n) is 7.25. The topological polar surface area (TPSA) is 3.24 Å². The van der Waals surface area contributed by atoms with Crippen LogP contribution in [0.3, 0.4) is 0 Å². The largest absolute Gasteiger partial charge is 0.293 e. The van der Waals surface area contributed by atoms with Gasteiger partial charge in [0.15, 0.2) is 0 Å². The lowest BCUT2D eigenvalue weighted by Gasteiger charge is -2.55. The number of hydrogen-bond donors (Lipinski definition) is 0. The van der Waals surface area contributed by atoms with Gasteiger partial charge < -0.3 is 0 Å². The Kier molecular flexibility index (Phi) is 8.25. The molecule has 0 radical (unpaired) electrons. The summed E-state index contributed by atoms with van der Waals surface area (Å²) in [5.41, 5.74) is 4.48. The first-order valence-electron chi connectivity index (χ1n) is 14.1. The minimum Gasteiger partial charge on any atom is -0.293 e. The third-order valence-electron chi connectivity index (χ3n) is 8.90. The second-order valence-electron chi connectivity index (χ2n) is 12.5. The SMILES string of the molecule is C=CCCN1C(C)(C)CC(c2ccc(-c3ccc(C4CCC(/C=C/C)CC4)cc3F)cc2)CC1(C)C. The van der Waals surface area contributed by atoms with Gasteiger partial charge in [-0.2, -0.15) is 0 Å². The molecule has 2 aliphatic rings. The van der Waals surface area contributed by atoms with Crippen molar-refractivity contribution in [1.29, 1.82) is 0 Å². The molecule has 0 amide bonds. The Morgan fingerprint density at radius 2 is 1.50 bits per heavy atom. The minimum absolute atomic E-state index is 0.0892. The molecule has 0 bridgehead atoms. The smallest absolute Gasteiger partial charge is 0.131 e.